The van der Waals surface area contributed by atoms with E-state index in [0.29, 0.717) is 5.02 Å². The molecule has 1 aromatic rings. The Balaban J connectivity index is 2.56. The molecule has 1 aromatic carbocycles. The van der Waals surface area contributed by atoms with Crippen LogP contribution in [0.4, 0.5) is 0 Å². The van der Waals surface area contributed by atoms with E-state index in [0.717, 1.165) is 6.42 Å². The molecule has 0 aliphatic heterocycles. The quantitative estimate of drug-likeness (QED) is 0.813. The summed E-state index contributed by atoms with van der Waals surface area (Å²) >= 11 is 5.71. The zero-order chi connectivity index (χ0) is 14.4. The lowest BCUT2D eigenvalue weighted by molar-refractivity contribution is -0.124. The summed E-state index contributed by atoms with van der Waals surface area (Å²) in [6.07, 6.45) is 0.786. The number of phenols is 1. The molecule has 0 saturated heterocycles. The molecule has 0 aliphatic rings. The Labute approximate surface area is 116 Å². The van der Waals surface area contributed by atoms with E-state index in [1.165, 1.54) is 18.2 Å². The second-order valence-corrected chi connectivity index (χ2v) is 4.55. The first kappa shape index (κ1) is 15.3. The molecule has 1 rings (SSSR count). The van der Waals surface area contributed by atoms with E-state index in [-0.39, 0.29) is 23.3 Å². The molecule has 19 heavy (non-hydrogen) atoms. The highest BCUT2D eigenvalue weighted by Gasteiger charge is 2.15. The van der Waals surface area contributed by atoms with Crippen LogP contribution in [0.15, 0.2) is 18.2 Å². The number of benzene rings is 1. The average molecular weight is 286 g/mol. The van der Waals surface area contributed by atoms with Crippen LogP contribution in [0.5, 0.6) is 5.75 Å². The number of amides is 1. The Morgan fingerprint density at radius 2 is 2.16 bits per heavy atom. The summed E-state index contributed by atoms with van der Waals surface area (Å²) in [5.41, 5.74) is -0.0659. The van der Waals surface area contributed by atoms with Crippen LogP contribution in [0, 0.1) is 0 Å². The van der Waals surface area contributed by atoms with Crippen LogP contribution in [-0.2, 0) is 9.53 Å². The normalized spacial score (nSPS) is 11.7. The minimum Gasteiger partial charge on any atom is -0.507 e. The van der Waals surface area contributed by atoms with Gasteiger partial charge in [0.2, 0.25) is 0 Å². The van der Waals surface area contributed by atoms with Crippen molar-refractivity contribution >= 4 is 23.5 Å². The van der Waals surface area contributed by atoms with Crippen molar-refractivity contribution in [3.63, 3.8) is 0 Å². The minimum absolute atomic E-state index is 0.0192. The molecule has 1 atom stereocenters. The maximum absolute atomic E-state index is 11.7. The largest absolute Gasteiger partial charge is 0.507 e. The number of esters is 1. The predicted molar refractivity (Wildman–Crippen MR) is 71.3 cm³/mol. The van der Waals surface area contributed by atoms with Crippen LogP contribution >= 0.6 is 11.6 Å². The third-order valence-electron chi connectivity index (χ3n) is 2.53. The molecule has 0 fully saturated rings. The number of carbonyl (C=O) groups excluding carboxylic acids is 2. The Hall–Kier alpha value is -1.75. The van der Waals surface area contributed by atoms with Crippen molar-refractivity contribution in [2.75, 3.05) is 6.61 Å². The summed E-state index contributed by atoms with van der Waals surface area (Å²) in [7, 11) is 0. The number of hydrogen-bond acceptors (Lipinski definition) is 4. The zero-order valence-electron chi connectivity index (χ0n) is 10.8. The van der Waals surface area contributed by atoms with Gasteiger partial charge in [-0.3, -0.25) is 4.79 Å². The smallest absolute Gasteiger partial charge is 0.342 e. The first-order valence-corrected chi connectivity index (χ1v) is 6.26. The van der Waals surface area contributed by atoms with Crippen molar-refractivity contribution in [3.8, 4) is 5.75 Å². The molecule has 0 unspecified atom stereocenters. The first-order valence-electron chi connectivity index (χ1n) is 5.89. The van der Waals surface area contributed by atoms with Crippen LogP contribution in [0.1, 0.15) is 30.6 Å². The molecule has 0 radical (unpaired) electrons. The molecular formula is C13H16ClNO4. The maximum atomic E-state index is 11.7. The SMILES string of the molecule is CC[C@H](C)NC(=O)COC(=O)c1cc(Cl)ccc1O. The molecule has 6 heteroatoms. The summed E-state index contributed by atoms with van der Waals surface area (Å²) < 4.78 is 4.80. The monoisotopic (exact) mass is 285 g/mol. The fourth-order valence-electron chi connectivity index (χ4n) is 1.30. The van der Waals surface area contributed by atoms with Gasteiger partial charge in [0.1, 0.15) is 11.3 Å². The Morgan fingerprint density at radius 1 is 1.47 bits per heavy atom. The molecule has 0 aromatic heterocycles. The van der Waals surface area contributed by atoms with E-state index in [9.17, 15) is 14.7 Å². The molecule has 0 heterocycles. The summed E-state index contributed by atoms with van der Waals surface area (Å²) in [5.74, 6) is -1.42. The van der Waals surface area contributed by atoms with E-state index >= 15 is 0 Å². The van der Waals surface area contributed by atoms with Crippen LogP contribution in [-0.4, -0.2) is 29.6 Å². The lowest BCUT2D eigenvalue weighted by atomic mass is 10.2. The lowest BCUT2D eigenvalue weighted by Gasteiger charge is -2.11. The number of ether oxygens (including phenoxy) is 1. The number of rotatable bonds is 5. The molecule has 0 bridgehead atoms. The fraction of sp³-hybridized carbons (Fsp3) is 0.385. The third-order valence-corrected chi connectivity index (χ3v) is 2.77. The summed E-state index contributed by atoms with van der Waals surface area (Å²) in [6.45, 7) is 3.39. The van der Waals surface area contributed by atoms with Crippen LogP contribution in [0.3, 0.4) is 0 Å². The zero-order valence-corrected chi connectivity index (χ0v) is 11.5. The Kier molecular flexibility index (Phi) is 5.63. The number of halogens is 1. The minimum atomic E-state index is -0.792. The van der Waals surface area contributed by atoms with Crippen molar-refractivity contribution in [3.05, 3.63) is 28.8 Å². The Morgan fingerprint density at radius 3 is 2.79 bits per heavy atom. The highest BCUT2D eigenvalue weighted by Crippen LogP contribution is 2.22. The van der Waals surface area contributed by atoms with Gasteiger partial charge in [0, 0.05) is 11.1 Å². The Bertz CT molecular complexity index is 476. The molecular weight excluding hydrogens is 270 g/mol. The molecule has 1 amide bonds. The van der Waals surface area contributed by atoms with Gasteiger partial charge in [-0.05, 0) is 31.5 Å². The van der Waals surface area contributed by atoms with Crippen molar-refractivity contribution in [1.29, 1.82) is 0 Å². The topological polar surface area (TPSA) is 75.6 Å². The molecule has 5 nitrogen and oxygen atoms in total. The number of carbonyl (C=O) groups is 2. The van der Waals surface area contributed by atoms with Gasteiger partial charge >= 0.3 is 5.97 Å². The van der Waals surface area contributed by atoms with Crippen molar-refractivity contribution in [2.24, 2.45) is 0 Å². The number of nitrogens with one attached hydrogen (secondary N) is 1. The summed E-state index contributed by atoms with van der Waals surface area (Å²) in [5, 5.41) is 12.5. The summed E-state index contributed by atoms with van der Waals surface area (Å²) in [4.78, 5) is 23.1. The number of aromatic hydroxyl groups is 1. The number of phenolic OH excluding ortho intramolecular Hbond substituents is 1. The number of hydrogen-bond donors (Lipinski definition) is 2. The first-order chi connectivity index (χ1) is 8.93. The van der Waals surface area contributed by atoms with Crippen LogP contribution in [0.2, 0.25) is 5.02 Å². The van der Waals surface area contributed by atoms with Crippen molar-refractivity contribution in [2.45, 2.75) is 26.3 Å². The van der Waals surface area contributed by atoms with E-state index in [1.54, 1.807) is 0 Å². The highest BCUT2D eigenvalue weighted by atomic mass is 35.5. The van der Waals surface area contributed by atoms with E-state index in [4.69, 9.17) is 16.3 Å². The molecule has 0 saturated carbocycles. The van der Waals surface area contributed by atoms with E-state index < -0.39 is 12.6 Å². The van der Waals surface area contributed by atoms with Crippen LogP contribution < -0.4 is 5.32 Å². The maximum Gasteiger partial charge on any atom is 0.342 e. The molecule has 2 N–H and O–H groups in total. The second kappa shape index (κ2) is 6.99. The third kappa shape index (κ3) is 4.79. The van der Waals surface area contributed by atoms with Gasteiger partial charge in [-0.25, -0.2) is 4.79 Å². The van der Waals surface area contributed by atoms with E-state index in [2.05, 4.69) is 5.32 Å². The highest BCUT2D eigenvalue weighted by molar-refractivity contribution is 6.31. The van der Waals surface area contributed by atoms with Crippen molar-refractivity contribution < 1.29 is 19.4 Å². The van der Waals surface area contributed by atoms with E-state index in [1.807, 2.05) is 13.8 Å². The average Bonchev–Trinajstić information content (AvgIpc) is 2.38. The summed E-state index contributed by atoms with van der Waals surface area (Å²) in [6, 6.07) is 4.04. The van der Waals surface area contributed by atoms with Gasteiger partial charge < -0.3 is 15.2 Å². The van der Waals surface area contributed by atoms with Crippen LogP contribution in [0.25, 0.3) is 0 Å². The van der Waals surface area contributed by atoms with Gasteiger partial charge in [0.25, 0.3) is 5.91 Å². The van der Waals surface area contributed by atoms with Gasteiger partial charge in [0.15, 0.2) is 6.61 Å². The standard InChI is InChI=1S/C13H16ClNO4/c1-3-8(2)15-12(17)7-19-13(18)10-6-9(14)4-5-11(10)16/h4-6,8,16H,3,7H2,1-2H3,(H,15,17)/t8-/m0/s1. The van der Waals surface area contributed by atoms with Crippen molar-refractivity contribution in [1.82, 2.24) is 5.32 Å². The molecule has 0 spiro atoms. The van der Waals surface area contributed by atoms with Gasteiger partial charge in [-0.1, -0.05) is 18.5 Å². The predicted octanol–water partition coefficient (Wildman–Crippen LogP) is 2.12. The lowest BCUT2D eigenvalue weighted by Crippen LogP contribution is -2.35. The van der Waals surface area contributed by atoms with Gasteiger partial charge in [0.05, 0.1) is 0 Å². The van der Waals surface area contributed by atoms with Gasteiger partial charge in [-0.15, -0.1) is 0 Å². The second-order valence-electron chi connectivity index (χ2n) is 4.11. The molecule has 0 aliphatic carbocycles. The fourth-order valence-corrected chi connectivity index (χ4v) is 1.47. The van der Waals surface area contributed by atoms with Gasteiger partial charge in [-0.2, -0.15) is 0 Å². The molecule has 104 valence electrons.